The number of benzene rings is 1. The van der Waals surface area contributed by atoms with Crippen LogP contribution < -0.4 is 4.90 Å². The van der Waals surface area contributed by atoms with Gasteiger partial charge in [-0.2, -0.15) is 0 Å². The van der Waals surface area contributed by atoms with Gasteiger partial charge in [-0.1, -0.05) is 50.3 Å². The zero-order chi connectivity index (χ0) is 24.1. The van der Waals surface area contributed by atoms with Crippen molar-refractivity contribution in [1.82, 2.24) is 4.90 Å². The second-order valence-corrected chi connectivity index (χ2v) is 8.71. The molecule has 1 aromatic rings. The van der Waals surface area contributed by atoms with E-state index < -0.39 is 5.97 Å². The van der Waals surface area contributed by atoms with Crippen LogP contribution in [0.4, 0.5) is 5.69 Å². The van der Waals surface area contributed by atoms with Gasteiger partial charge in [0.2, 0.25) is 0 Å². The van der Waals surface area contributed by atoms with Gasteiger partial charge in [-0.3, -0.25) is 9.69 Å². The number of hydrogen-bond acceptors (Lipinski definition) is 5. The Hall–Kier alpha value is -2.57. The van der Waals surface area contributed by atoms with E-state index in [1.54, 1.807) is 24.3 Å². The van der Waals surface area contributed by atoms with Crippen LogP contribution in [0.5, 0.6) is 0 Å². The molecule has 0 aliphatic carbocycles. The van der Waals surface area contributed by atoms with Crippen molar-refractivity contribution in [3.8, 4) is 0 Å². The summed E-state index contributed by atoms with van der Waals surface area (Å²) in [6, 6.07) is 6.76. The van der Waals surface area contributed by atoms with Gasteiger partial charge in [-0.15, -0.1) is 0 Å². The number of carbonyl (C=O) groups excluding carboxylic acids is 1. The first-order valence-corrected chi connectivity index (χ1v) is 11.0. The van der Waals surface area contributed by atoms with Crippen LogP contribution in [0.3, 0.4) is 0 Å². The van der Waals surface area contributed by atoms with E-state index in [-0.39, 0.29) is 11.0 Å². The highest BCUT2D eigenvalue weighted by atomic mass is 35.5. The number of halogens is 1. The lowest BCUT2D eigenvalue weighted by atomic mass is 9.86. The van der Waals surface area contributed by atoms with E-state index >= 15 is 0 Å². The van der Waals surface area contributed by atoms with Gasteiger partial charge < -0.3 is 14.7 Å². The number of allylic oxidation sites excluding steroid dienone is 4. The minimum atomic E-state index is -0.949. The quantitative estimate of drug-likeness (QED) is 0.293. The number of carboxylic acid groups (broad SMARTS) is 1. The average Bonchev–Trinajstić information content (AvgIpc) is 2.77. The fraction of sp³-hybridized carbons (Fsp3) is 0.440. The van der Waals surface area contributed by atoms with Gasteiger partial charge in [0.05, 0.1) is 12.2 Å². The summed E-state index contributed by atoms with van der Waals surface area (Å²) in [5.74, 6) is -0.949. The van der Waals surface area contributed by atoms with E-state index in [1.807, 2.05) is 26.1 Å². The van der Waals surface area contributed by atoms with Gasteiger partial charge >= 0.3 is 5.97 Å². The minimum Gasteiger partial charge on any atom is -0.478 e. The molecule has 1 unspecified atom stereocenters. The van der Waals surface area contributed by atoms with Gasteiger partial charge in [-0.05, 0) is 56.3 Å². The maximum absolute atomic E-state index is 11.1. The lowest BCUT2D eigenvalue weighted by Crippen LogP contribution is -2.40. The minimum absolute atomic E-state index is 0.251. The Bertz CT molecular complexity index is 820. The molecule has 0 aromatic heterocycles. The zero-order valence-electron chi connectivity index (χ0n) is 19.5. The van der Waals surface area contributed by atoms with Crippen LogP contribution in [0.25, 0.3) is 0 Å². The van der Waals surface area contributed by atoms with Crippen molar-refractivity contribution in [3.63, 3.8) is 0 Å². The highest BCUT2D eigenvalue weighted by molar-refractivity contribution is 6.31. The van der Waals surface area contributed by atoms with Gasteiger partial charge in [0.15, 0.2) is 0 Å². The number of nitrogens with zero attached hydrogens (tertiary/aromatic N) is 2. The normalized spacial score (nSPS) is 13.8. The van der Waals surface area contributed by atoms with Crippen LogP contribution in [0.15, 0.2) is 59.7 Å². The summed E-state index contributed by atoms with van der Waals surface area (Å²) in [6.07, 6.45) is 6.83. The van der Waals surface area contributed by atoms with E-state index in [0.29, 0.717) is 24.7 Å². The topological polar surface area (TPSA) is 70.1 Å². The first-order valence-electron chi connectivity index (χ1n) is 10.6. The van der Waals surface area contributed by atoms with Crippen molar-refractivity contribution in [2.45, 2.75) is 27.2 Å². The monoisotopic (exact) mass is 462 g/mol. The number of carbonyl (C=O) groups is 2. The molecule has 1 N–H and O–H groups in total. The van der Waals surface area contributed by atoms with Crippen LogP contribution in [0, 0.1) is 5.41 Å². The maximum Gasteiger partial charge on any atom is 0.335 e. The predicted molar refractivity (Wildman–Crippen MR) is 131 cm³/mol. The molecule has 0 saturated carbocycles. The van der Waals surface area contributed by atoms with Crippen molar-refractivity contribution >= 4 is 29.7 Å². The fourth-order valence-corrected chi connectivity index (χ4v) is 3.34. The highest BCUT2D eigenvalue weighted by Gasteiger charge is 2.28. The summed E-state index contributed by atoms with van der Waals surface area (Å²) in [5.41, 5.74) is 1.82. The fourth-order valence-electron chi connectivity index (χ4n) is 3.27. The molecule has 6 nitrogen and oxygen atoms in total. The number of carboxylic acids is 1. The molecule has 0 spiro atoms. The van der Waals surface area contributed by atoms with Crippen LogP contribution in [-0.2, 0) is 9.53 Å². The molecule has 1 rings (SSSR count). The number of hydrogen-bond donors (Lipinski definition) is 1. The van der Waals surface area contributed by atoms with E-state index in [1.165, 1.54) is 0 Å². The second kappa shape index (κ2) is 13.8. The number of rotatable bonds is 15. The molecule has 176 valence electrons. The van der Waals surface area contributed by atoms with Gasteiger partial charge in [0.1, 0.15) is 0 Å². The Kier molecular flexibility index (Phi) is 11.8. The predicted octanol–water partition coefficient (Wildman–Crippen LogP) is 4.97. The van der Waals surface area contributed by atoms with E-state index in [4.69, 9.17) is 21.4 Å². The molecular weight excluding hydrogens is 428 g/mol. The average molecular weight is 463 g/mol. The highest BCUT2D eigenvalue weighted by Crippen LogP contribution is 2.26. The number of aromatic carboxylic acids is 1. The third kappa shape index (κ3) is 9.71. The molecule has 0 saturated heterocycles. The summed E-state index contributed by atoms with van der Waals surface area (Å²) < 4.78 is 5.15. The third-order valence-corrected chi connectivity index (χ3v) is 5.72. The lowest BCUT2D eigenvalue weighted by Gasteiger charge is -2.35. The van der Waals surface area contributed by atoms with Crippen molar-refractivity contribution in [2.75, 3.05) is 44.7 Å². The Morgan fingerprint density at radius 1 is 1.31 bits per heavy atom. The third-order valence-electron chi connectivity index (χ3n) is 5.43. The summed E-state index contributed by atoms with van der Waals surface area (Å²) in [5, 5.41) is 9.62. The molecule has 0 bridgehead atoms. The van der Waals surface area contributed by atoms with Crippen LogP contribution in [0.2, 0.25) is 0 Å². The molecule has 7 heteroatoms. The molecule has 32 heavy (non-hydrogen) atoms. The summed E-state index contributed by atoms with van der Waals surface area (Å²) in [4.78, 5) is 26.3. The molecule has 0 radical (unpaired) electrons. The number of ether oxygens (including phenoxy) is 1. The van der Waals surface area contributed by atoms with E-state index in [9.17, 15) is 9.59 Å². The molecule has 0 aliphatic heterocycles. The largest absolute Gasteiger partial charge is 0.478 e. The molecule has 1 atom stereocenters. The Morgan fingerprint density at radius 2 is 1.97 bits per heavy atom. The SMILES string of the molecule is C=C(Cl)/C(C)=C\C=C\CN(CC)CCC(C)(COC=O)CN(C)c1ccc(C(=O)O)cc1. The molecule has 0 heterocycles. The maximum atomic E-state index is 11.1. The Labute approximate surface area is 196 Å². The molecule has 0 amide bonds. The van der Waals surface area contributed by atoms with Crippen LogP contribution in [-0.4, -0.2) is 62.3 Å². The number of likely N-dealkylation sites (N-methyl/N-ethyl adjacent to an activating group) is 1. The summed E-state index contributed by atoms with van der Waals surface area (Å²) in [7, 11) is 1.95. The molecular formula is C25H35ClN2O4. The lowest BCUT2D eigenvalue weighted by molar-refractivity contribution is -0.131. The zero-order valence-corrected chi connectivity index (χ0v) is 20.3. The van der Waals surface area contributed by atoms with Crippen molar-refractivity contribution in [2.24, 2.45) is 5.41 Å². The standard InChI is InChI=1S/C25H35ClN2O4/c1-6-28(15-8-7-9-20(2)21(3)26)16-14-25(4,18-32-19-29)17-27(5)23-12-10-22(11-13-23)24(30)31/h7-13,19H,3,6,14-18H2,1-2,4-5H3,(H,30,31)/b8-7+,20-9-. The molecule has 1 aromatic carbocycles. The number of anilines is 1. The van der Waals surface area contributed by atoms with Crippen molar-refractivity contribution in [3.05, 3.63) is 65.2 Å². The van der Waals surface area contributed by atoms with Gasteiger partial charge in [-0.25, -0.2) is 4.79 Å². The smallest absolute Gasteiger partial charge is 0.335 e. The van der Waals surface area contributed by atoms with Crippen molar-refractivity contribution < 1.29 is 19.4 Å². The first kappa shape index (κ1) is 27.5. The van der Waals surface area contributed by atoms with Crippen LogP contribution >= 0.6 is 11.6 Å². The second-order valence-electron chi connectivity index (χ2n) is 8.25. The summed E-state index contributed by atoms with van der Waals surface area (Å²) >= 11 is 5.87. The van der Waals surface area contributed by atoms with E-state index in [0.717, 1.165) is 37.3 Å². The molecule has 0 fully saturated rings. The van der Waals surface area contributed by atoms with Crippen molar-refractivity contribution in [1.29, 1.82) is 0 Å². The van der Waals surface area contributed by atoms with Crippen LogP contribution in [0.1, 0.15) is 37.6 Å². The Morgan fingerprint density at radius 3 is 2.50 bits per heavy atom. The first-order chi connectivity index (χ1) is 15.1. The summed E-state index contributed by atoms with van der Waals surface area (Å²) in [6.45, 7) is 13.8. The van der Waals surface area contributed by atoms with Gasteiger partial charge in [0, 0.05) is 36.3 Å². The molecule has 0 aliphatic rings. The Balaban J connectivity index is 2.78. The van der Waals surface area contributed by atoms with Gasteiger partial charge in [0.25, 0.3) is 6.47 Å². The van der Waals surface area contributed by atoms with E-state index in [2.05, 4.69) is 36.3 Å².